The molecule has 3 rings (SSSR count). The van der Waals surface area contributed by atoms with E-state index in [1.165, 1.54) is 13.3 Å². The number of carbonyl (C=O) groups excluding carboxylic acids is 1. The Hall–Kier alpha value is -3.36. The summed E-state index contributed by atoms with van der Waals surface area (Å²) in [7, 11) is 1.30. The van der Waals surface area contributed by atoms with Crippen molar-refractivity contribution in [2.24, 2.45) is 0 Å². The fourth-order valence-electron chi connectivity index (χ4n) is 2.71. The largest absolute Gasteiger partial charge is 0.465 e. The molecule has 3 heterocycles. The minimum atomic E-state index is -0.545. The molecule has 0 saturated heterocycles. The van der Waals surface area contributed by atoms with Gasteiger partial charge in [0.25, 0.3) is 0 Å². The van der Waals surface area contributed by atoms with Crippen LogP contribution in [0.3, 0.4) is 0 Å². The van der Waals surface area contributed by atoms with E-state index in [0.29, 0.717) is 17.1 Å². The zero-order valence-corrected chi connectivity index (χ0v) is 15.4. The van der Waals surface area contributed by atoms with Crippen LogP contribution >= 0.6 is 0 Å². The van der Waals surface area contributed by atoms with Gasteiger partial charge in [0.2, 0.25) is 5.95 Å². The summed E-state index contributed by atoms with van der Waals surface area (Å²) in [6.07, 6.45) is 4.06. The fraction of sp³-hybridized carbons (Fsp3) is 0.278. The summed E-state index contributed by atoms with van der Waals surface area (Å²) in [5, 5.41) is 2.90. The zero-order valence-electron chi connectivity index (χ0n) is 15.4. The Morgan fingerprint density at radius 3 is 2.59 bits per heavy atom. The first kappa shape index (κ1) is 18.4. The third-order valence-electron chi connectivity index (χ3n) is 3.91. The molecule has 0 aliphatic heterocycles. The second-order valence-electron chi connectivity index (χ2n) is 6.09. The van der Waals surface area contributed by atoms with Crippen molar-refractivity contribution in [1.29, 1.82) is 0 Å². The van der Waals surface area contributed by atoms with Crippen molar-refractivity contribution < 1.29 is 13.9 Å². The number of rotatable bonds is 5. The van der Waals surface area contributed by atoms with Gasteiger partial charge in [-0.2, -0.15) is 0 Å². The molecule has 1 N–H and O–H groups in total. The molecule has 0 saturated carbocycles. The van der Waals surface area contributed by atoms with Gasteiger partial charge in [0.05, 0.1) is 30.8 Å². The average molecular weight is 370 g/mol. The number of aromatic nitrogens is 5. The Labute approximate surface area is 155 Å². The number of halogens is 1. The van der Waals surface area contributed by atoms with Crippen LogP contribution in [0.25, 0.3) is 11.4 Å². The lowest BCUT2D eigenvalue weighted by Crippen LogP contribution is -2.08. The second-order valence-corrected chi connectivity index (χ2v) is 6.09. The van der Waals surface area contributed by atoms with Crippen molar-refractivity contribution in [1.82, 2.24) is 24.5 Å². The topological polar surface area (TPSA) is 94.8 Å². The van der Waals surface area contributed by atoms with Crippen LogP contribution in [0, 0.1) is 12.7 Å². The van der Waals surface area contributed by atoms with Crippen molar-refractivity contribution in [3.8, 4) is 11.4 Å². The van der Waals surface area contributed by atoms with Crippen molar-refractivity contribution in [3.05, 3.63) is 47.9 Å². The molecule has 27 heavy (non-hydrogen) atoms. The average Bonchev–Trinajstić information content (AvgIpc) is 3.05. The number of anilines is 2. The van der Waals surface area contributed by atoms with Crippen LogP contribution in [0.4, 0.5) is 16.2 Å². The summed E-state index contributed by atoms with van der Waals surface area (Å²) >= 11 is 0. The van der Waals surface area contributed by atoms with E-state index >= 15 is 0 Å². The number of nitrogens with zero attached hydrogens (tertiary/aromatic N) is 5. The van der Waals surface area contributed by atoms with Crippen molar-refractivity contribution in [2.75, 3.05) is 12.4 Å². The Bertz CT molecular complexity index is 968. The molecule has 0 aliphatic carbocycles. The van der Waals surface area contributed by atoms with Crippen LogP contribution in [-0.2, 0) is 4.74 Å². The maximum Gasteiger partial charge on any atom is 0.339 e. The van der Waals surface area contributed by atoms with Crippen LogP contribution in [0.5, 0.6) is 0 Å². The SMILES string of the molecule is COC(=O)c1ccc(Nc2ncc(F)c(-c3cnc(C)n3C(C)C)n2)nc1. The molecule has 3 aromatic heterocycles. The van der Waals surface area contributed by atoms with E-state index in [1.807, 2.05) is 25.3 Å². The molecule has 3 aromatic rings. The predicted octanol–water partition coefficient (Wildman–Crippen LogP) is 3.29. The molecule has 8 nitrogen and oxygen atoms in total. The highest BCUT2D eigenvalue weighted by atomic mass is 19.1. The molecule has 0 bridgehead atoms. The maximum absolute atomic E-state index is 14.4. The molecule has 0 aliphatic rings. The highest BCUT2D eigenvalue weighted by molar-refractivity contribution is 5.89. The first-order valence-electron chi connectivity index (χ1n) is 8.28. The summed E-state index contributed by atoms with van der Waals surface area (Å²) in [5.41, 5.74) is 1.03. The van der Waals surface area contributed by atoms with E-state index in [1.54, 1.807) is 18.3 Å². The minimum Gasteiger partial charge on any atom is -0.465 e. The van der Waals surface area contributed by atoms with Gasteiger partial charge in [-0.25, -0.2) is 29.1 Å². The Morgan fingerprint density at radius 2 is 1.96 bits per heavy atom. The van der Waals surface area contributed by atoms with E-state index in [-0.39, 0.29) is 17.7 Å². The van der Waals surface area contributed by atoms with Gasteiger partial charge in [-0.1, -0.05) is 0 Å². The molecule has 0 spiro atoms. The van der Waals surface area contributed by atoms with E-state index in [9.17, 15) is 9.18 Å². The summed E-state index contributed by atoms with van der Waals surface area (Å²) in [6.45, 7) is 5.83. The summed E-state index contributed by atoms with van der Waals surface area (Å²) in [4.78, 5) is 28.1. The number of pyridine rings is 1. The molecule has 0 amide bonds. The van der Waals surface area contributed by atoms with Crippen LogP contribution in [0.2, 0.25) is 0 Å². The number of aryl methyl sites for hydroxylation is 1. The lowest BCUT2D eigenvalue weighted by Gasteiger charge is -2.14. The van der Waals surface area contributed by atoms with Gasteiger partial charge in [-0.15, -0.1) is 0 Å². The number of carbonyl (C=O) groups is 1. The number of ether oxygens (including phenoxy) is 1. The van der Waals surface area contributed by atoms with Crippen LogP contribution in [0.1, 0.15) is 36.1 Å². The molecule has 0 atom stereocenters. The van der Waals surface area contributed by atoms with Gasteiger partial charge in [-0.3, -0.25) is 0 Å². The number of imidazole rings is 1. The zero-order chi connectivity index (χ0) is 19.6. The lowest BCUT2D eigenvalue weighted by atomic mass is 10.2. The Kier molecular flexibility index (Phi) is 5.11. The van der Waals surface area contributed by atoms with Gasteiger partial charge in [0.1, 0.15) is 17.3 Å². The smallest absolute Gasteiger partial charge is 0.339 e. The molecule has 140 valence electrons. The monoisotopic (exact) mass is 370 g/mol. The molecular formula is C18H19FN6O2. The Morgan fingerprint density at radius 1 is 1.19 bits per heavy atom. The molecular weight excluding hydrogens is 351 g/mol. The molecule has 0 fully saturated rings. The summed E-state index contributed by atoms with van der Waals surface area (Å²) in [6, 6.07) is 3.24. The number of methoxy groups -OCH3 is 1. The Balaban J connectivity index is 1.91. The fourth-order valence-corrected chi connectivity index (χ4v) is 2.71. The summed E-state index contributed by atoms with van der Waals surface area (Å²) < 4.78 is 20.9. The van der Waals surface area contributed by atoms with Crippen molar-refractivity contribution in [3.63, 3.8) is 0 Å². The van der Waals surface area contributed by atoms with Crippen LogP contribution in [-0.4, -0.2) is 37.6 Å². The molecule has 0 aromatic carbocycles. The lowest BCUT2D eigenvalue weighted by molar-refractivity contribution is 0.0600. The van der Waals surface area contributed by atoms with Crippen LogP contribution < -0.4 is 5.32 Å². The van der Waals surface area contributed by atoms with Gasteiger partial charge in [0, 0.05) is 12.2 Å². The quantitative estimate of drug-likeness (QED) is 0.689. The van der Waals surface area contributed by atoms with E-state index in [2.05, 4.69) is 30.0 Å². The number of hydrogen-bond donors (Lipinski definition) is 1. The highest BCUT2D eigenvalue weighted by Gasteiger charge is 2.18. The maximum atomic E-state index is 14.4. The highest BCUT2D eigenvalue weighted by Crippen LogP contribution is 2.26. The van der Waals surface area contributed by atoms with Gasteiger partial charge in [0.15, 0.2) is 5.82 Å². The van der Waals surface area contributed by atoms with Crippen molar-refractivity contribution >= 4 is 17.7 Å². The molecule has 9 heteroatoms. The third kappa shape index (κ3) is 3.76. The van der Waals surface area contributed by atoms with Crippen LogP contribution in [0.15, 0.2) is 30.7 Å². The predicted molar refractivity (Wildman–Crippen MR) is 97.2 cm³/mol. The first-order valence-corrected chi connectivity index (χ1v) is 8.28. The van der Waals surface area contributed by atoms with Crippen molar-refractivity contribution in [2.45, 2.75) is 26.8 Å². The number of nitrogens with one attached hydrogen (secondary N) is 1. The minimum absolute atomic E-state index is 0.0980. The van der Waals surface area contributed by atoms with E-state index in [0.717, 1.165) is 12.0 Å². The standard InChI is InChI=1S/C18H19FN6O2/c1-10(2)25-11(3)20-9-14(25)16-13(19)8-22-18(24-16)23-15-6-5-12(7-21-15)17(26)27-4/h5-10H,1-4H3,(H,21,22,23,24). The molecule has 0 radical (unpaired) electrons. The first-order chi connectivity index (χ1) is 12.9. The van der Waals surface area contributed by atoms with Gasteiger partial charge in [-0.05, 0) is 32.9 Å². The number of esters is 1. The van der Waals surface area contributed by atoms with Gasteiger partial charge < -0.3 is 14.6 Å². The normalized spacial score (nSPS) is 10.9. The van der Waals surface area contributed by atoms with E-state index in [4.69, 9.17) is 0 Å². The van der Waals surface area contributed by atoms with Gasteiger partial charge >= 0.3 is 5.97 Å². The second kappa shape index (κ2) is 7.48. The summed E-state index contributed by atoms with van der Waals surface area (Å²) in [5.74, 6) is 0.336. The number of hydrogen-bond acceptors (Lipinski definition) is 7. The molecule has 0 unspecified atom stereocenters. The van der Waals surface area contributed by atoms with E-state index < -0.39 is 11.8 Å². The third-order valence-corrected chi connectivity index (χ3v) is 3.91.